The Kier molecular flexibility index (Phi) is 5.73. The highest BCUT2D eigenvalue weighted by molar-refractivity contribution is 5.63. The lowest BCUT2D eigenvalue weighted by Gasteiger charge is -1.98. The molecule has 0 aromatic heterocycles. The largest absolute Gasteiger partial charge is 0.497 e. The summed E-state index contributed by atoms with van der Waals surface area (Å²) < 4.78 is 5.17. The third kappa shape index (κ3) is 4.77. The third-order valence-corrected chi connectivity index (χ3v) is 3.96. The SMILES string of the molecule is COc1ccc(C#Cc2ccccc2C=C=Cc2ccc(C)cc2)cc1. The van der Waals surface area contributed by atoms with Crippen LogP contribution in [-0.2, 0) is 0 Å². The molecular weight excluding hydrogens is 316 g/mol. The summed E-state index contributed by atoms with van der Waals surface area (Å²) in [6.45, 7) is 2.08. The quantitative estimate of drug-likeness (QED) is 0.438. The zero-order valence-corrected chi connectivity index (χ0v) is 15.0. The first-order valence-corrected chi connectivity index (χ1v) is 8.49. The Hall–Kier alpha value is -3.46. The molecule has 0 bridgehead atoms. The Morgan fingerprint density at radius 3 is 2.23 bits per heavy atom. The maximum Gasteiger partial charge on any atom is 0.118 e. The highest BCUT2D eigenvalue weighted by Crippen LogP contribution is 2.12. The second-order valence-corrected chi connectivity index (χ2v) is 5.93. The van der Waals surface area contributed by atoms with Crippen molar-refractivity contribution in [3.63, 3.8) is 0 Å². The number of ether oxygens (including phenoxy) is 1. The average molecular weight is 336 g/mol. The van der Waals surface area contributed by atoms with E-state index in [0.29, 0.717) is 0 Å². The van der Waals surface area contributed by atoms with E-state index >= 15 is 0 Å². The topological polar surface area (TPSA) is 9.23 Å². The van der Waals surface area contributed by atoms with Gasteiger partial charge in [0, 0.05) is 11.1 Å². The fourth-order valence-corrected chi connectivity index (χ4v) is 2.44. The standard InChI is InChI=1S/C25H20O/c1-20-10-12-21(13-11-20)6-5-9-23-7-3-4-8-24(23)17-14-22-15-18-25(26-2)19-16-22/h3-4,6-13,15-16,18-19H,1-2H3. The van der Waals surface area contributed by atoms with Gasteiger partial charge in [0.25, 0.3) is 0 Å². The van der Waals surface area contributed by atoms with Crippen LogP contribution in [0.25, 0.3) is 12.2 Å². The predicted octanol–water partition coefficient (Wildman–Crippen LogP) is 5.73. The maximum atomic E-state index is 5.17. The van der Waals surface area contributed by atoms with E-state index in [1.54, 1.807) is 7.11 Å². The fraction of sp³-hybridized carbons (Fsp3) is 0.0800. The van der Waals surface area contributed by atoms with E-state index in [-0.39, 0.29) is 0 Å². The Labute approximate surface area is 155 Å². The summed E-state index contributed by atoms with van der Waals surface area (Å²) in [6.07, 6.45) is 3.95. The van der Waals surface area contributed by atoms with Crippen LogP contribution in [0.5, 0.6) is 5.75 Å². The molecule has 0 spiro atoms. The maximum absolute atomic E-state index is 5.17. The van der Waals surface area contributed by atoms with Crippen LogP contribution in [0.2, 0.25) is 0 Å². The van der Waals surface area contributed by atoms with Crippen LogP contribution < -0.4 is 4.74 Å². The van der Waals surface area contributed by atoms with Crippen molar-refractivity contribution in [2.24, 2.45) is 0 Å². The van der Waals surface area contributed by atoms with Crippen LogP contribution in [-0.4, -0.2) is 7.11 Å². The average Bonchev–Trinajstić information content (AvgIpc) is 2.69. The molecule has 0 heterocycles. The van der Waals surface area contributed by atoms with E-state index in [0.717, 1.165) is 28.0 Å². The minimum Gasteiger partial charge on any atom is -0.497 e. The normalized spacial score (nSPS) is 9.46. The van der Waals surface area contributed by atoms with Crippen molar-refractivity contribution < 1.29 is 4.74 Å². The van der Waals surface area contributed by atoms with Crippen LogP contribution in [0.1, 0.15) is 27.8 Å². The molecule has 0 radical (unpaired) electrons. The second kappa shape index (κ2) is 8.58. The first-order chi connectivity index (χ1) is 12.7. The zero-order valence-electron chi connectivity index (χ0n) is 15.0. The lowest BCUT2D eigenvalue weighted by molar-refractivity contribution is 0.415. The van der Waals surface area contributed by atoms with Crippen LogP contribution in [0, 0.1) is 18.8 Å². The van der Waals surface area contributed by atoms with E-state index in [1.807, 2.05) is 60.7 Å². The van der Waals surface area contributed by atoms with Crippen molar-refractivity contribution in [2.75, 3.05) is 7.11 Å². The molecule has 3 rings (SSSR count). The second-order valence-electron chi connectivity index (χ2n) is 5.93. The molecule has 0 aliphatic heterocycles. The van der Waals surface area contributed by atoms with Crippen molar-refractivity contribution in [3.8, 4) is 17.6 Å². The van der Waals surface area contributed by atoms with Gasteiger partial charge in [-0.25, -0.2) is 0 Å². The molecule has 1 nitrogen and oxygen atoms in total. The van der Waals surface area contributed by atoms with Crippen molar-refractivity contribution in [2.45, 2.75) is 6.92 Å². The van der Waals surface area contributed by atoms with Gasteiger partial charge in [0.1, 0.15) is 5.75 Å². The van der Waals surface area contributed by atoms with Crippen LogP contribution in [0.15, 0.2) is 78.5 Å². The summed E-state index contributed by atoms with van der Waals surface area (Å²) in [5.74, 6) is 7.28. The number of rotatable bonds is 3. The molecule has 126 valence electrons. The molecule has 0 amide bonds. The van der Waals surface area contributed by atoms with E-state index in [1.165, 1.54) is 5.56 Å². The molecule has 26 heavy (non-hydrogen) atoms. The van der Waals surface area contributed by atoms with Crippen LogP contribution in [0.4, 0.5) is 0 Å². The molecule has 0 N–H and O–H groups in total. The van der Waals surface area contributed by atoms with E-state index in [4.69, 9.17) is 4.74 Å². The summed E-state index contributed by atoms with van der Waals surface area (Å²) in [7, 11) is 1.66. The van der Waals surface area contributed by atoms with Crippen molar-refractivity contribution in [1.82, 2.24) is 0 Å². The fourth-order valence-electron chi connectivity index (χ4n) is 2.44. The molecule has 0 saturated heterocycles. The van der Waals surface area contributed by atoms with E-state index < -0.39 is 0 Å². The van der Waals surface area contributed by atoms with E-state index in [2.05, 4.69) is 48.8 Å². The van der Waals surface area contributed by atoms with Gasteiger partial charge in [-0.15, -0.1) is 5.73 Å². The Morgan fingerprint density at radius 2 is 1.50 bits per heavy atom. The lowest BCUT2D eigenvalue weighted by atomic mass is 10.1. The van der Waals surface area contributed by atoms with Crippen LogP contribution >= 0.6 is 0 Å². The molecule has 0 atom stereocenters. The van der Waals surface area contributed by atoms with Gasteiger partial charge in [-0.05, 0) is 60.5 Å². The van der Waals surface area contributed by atoms with E-state index in [9.17, 15) is 0 Å². The monoisotopic (exact) mass is 336 g/mol. The van der Waals surface area contributed by atoms with Gasteiger partial charge in [-0.1, -0.05) is 59.9 Å². The van der Waals surface area contributed by atoms with Gasteiger partial charge in [0.15, 0.2) is 0 Å². The molecular formula is C25H20O. The number of benzene rings is 3. The minimum atomic E-state index is 0.833. The molecule has 3 aromatic carbocycles. The summed E-state index contributed by atoms with van der Waals surface area (Å²) in [4.78, 5) is 0. The minimum absolute atomic E-state index is 0.833. The smallest absolute Gasteiger partial charge is 0.118 e. The summed E-state index contributed by atoms with van der Waals surface area (Å²) in [5, 5.41) is 0. The first kappa shape index (κ1) is 17.4. The molecule has 0 unspecified atom stereocenters. The highest BCUT2D eigenvalue weighted by atomic mass is 16.5. The molecule has 0 aliphatic carbocycles. The molecule has 0 fully saturated rings. The van der Waals surface area contributed by atoms with Gasteiger partial charge in [-0.2, -0.15) is 0 Å². The summed E-state index contributed by atoms with van der Waals surface area (Å²) in [6, 6.07) is 24.2. The van der Waals surface area contributed by atoms with Crippen molar-refractivity contribution in [3.05, 3.63) is 106 Å². The summed E-state index contributed by atoms with van der Waals surface area (Å²) >= 11 is 0. The Bertz CT molecular complexity index is 991. The molecule has 1 heteroatoms. The molecule has 0 saturated carbocycles. The van der Waals surface area contributed by atoms with Gasteiger partial charge >= 0.3 is 0 Å². The highest BCUT2D eigenvalue weighted by Gasteiger charge is 1.95. The number of hydrogen-bond donors (Lipinski definition) is 0. The Morgan fingerprint density at radius 1 is 0.769 bits per heavy atom. The first-order valence-electron chi connectivity index (χ1n) is 8.49. The van der Waals surface area contributed by atoms with Gasteiger partial charge in [0.2, 0.25) is 0 Å². The van der Waals surface area contributed by atoms with Gasteiger partial charge in [-0.3, -0.25) is 0 Å². The van der Waals surface area contributed by atoms with Crippen LogP contribution in [0.3, 0.4) is 0 Å². The lowest BCUT2D eigenvalue weighted by Crippen LogP contribution is -1.83. The predicted molar refractivity (Wildman–Crippen MR) is 109 cm³/mol. The van der Waals surface area contributed by atoms with Crippen molar-refractivity contribution in [1.29, 1.82) is 0 Å². The van der Waals surface area contributed by atoms with Crippen molar-refractivity contribution >= 4 is 12.2 Å². The van der Waals surface area contributed by atoms with Gasteiger partial charge < -0.3 is 4.74 Å². The Balaban J connectivity index is 1.83. The molecule has 0 aliphatic rings. The number of hydrogen-bond acceptors (Lipinski definition) is 1. The number of methoxy groups -OCH3 is 1. The zero-order chi connectivity index (χ0) is 18.2. The third-order valence-electron chi connectivity index (χ3n) is 3.96. The molecule has 3 aromatic rings. The summed E-state index contributed by atoms with van der Waals surface area (Å²) in [5.41, 5.74) is 8.64. The number of aryl methyl sites for hydroxylation is 1. The van der Waals surface area contributed by atoms with Gasteiger partial charge in [0.05, 0.1) is 7.11 Å².